The fourth-order valence-electron chi connectivity index (χ4n) is 1.84. The lowest BCUT2D eigenvalue weighted by Gasteiger charge is -2.22. The minimum atomic E-state index is -1.18. The summed E-state index contributed by atoms with van der Waals surface area (Å²) in [7, 11) is 0. The molecule has 2 aromatic rings. The molecular formula is C15H15F2NO2S. The molecule has 21 heavy (non-hydrogen) atoms. The number of hydrogen-bond donors (Lipinski definition) is 2. The van der Waals surface area contributed by atoms with Crippen LogP contribution in [0.1, 0.15) is 18.1 Å². The zero-order valence-electron chi connectivity index (χ0n) is 11.4. The van der Waals surface area contributed by atoms with Crippen LogP contribution in [0.3, 0.4) is 0 Å². The quantitative estimate of drug-likeness (QED) is 0.892. The number of carbonyl (C=O) groups is 1. The Morgan fingerprint density at radius 2 is 2.14 bits per heavy atom. The second-order valence-electron chi connectivity index (χ2n) is 4.98. The van der Waals surface area contributed by atoms with Gasteiger partial charge in [-0.1, -0.05) is 6.07 Å². The minimum Gasteiger partial charge on any atom is -0.384 e. The molecule has 0 fully saturated rings. The fourth-order valence-corrected chi connectivity index (χ4v) is 2.63. The lowest BCUT2D eigenvalue weighted by atomic mass is 9.99. The summed E-state index contributed by atoms with van der Waals surface area (Å²) in [5.41, 5.74) is -0.360. The molecule has 1 aromatic carbocycles. The summed E-state index contributed by atoms with van der Waals surface area (Å²) in [5.74, 6) is -1.87. The third-order valence-electron chi connectivity index (χ3n) is 3.14. The number of halogens is 2. The van der Waals surface area contributed by atoms with Crippen molar-refractivity contribution in [2.75, 3.05) is 6.54 Å². The summed E-state index contributed by atoms with van der Waals surface area (Å²) in [6, 6.07) is 4.86. The molecule has 0 radical (unpaired) electrons. The molecular weight excluding hydrogens is 296 g/mol. The van der Waals surface area contributed by atoms with E-state index < -0.39 is 23.1 Å². The van der Waals surface area contributed by atoms with E-state index in [1.807, 2.05) is 5.38 Å². The maximum atomic E-state index is 13.4. The van der Waals surface area contributed by atoms with Crippen LogP contribution in [-0.4, -0.2) is 17.6 Å². The van der Waals surface area contributed by atoms with Gasteiger partial charge in [0.2, 0.25) is 5.91 Å². The highest BCUT2D eigenvalue weighted by Crippen LogP contribution is 2.22. The van der Waals surface area contributed by atoms with E-state index in [-0.39, 0.29) is 18.5 Å². The summed E-state index contributed by atoms with van der Waals surface area (Å²) >= 11 is 1.45. The van der Waals surface area contributed by atoms with Crippen molar-refractivity contribution >= 4 is 17.2 Å². The number of thiophene rings is 1. The van der Waals surface area contributed by atoms with Gasteiger partial charge in [-0.15, -0.1) is 0 Å². The van der Waals surface area contributed by atoms with Crippen LogP contribution >= 0.6 is 11.3 Å². The standard InChI is InChI=1S/C15H15F2NO2S/c1-15(20,11-4-5-21-8-11)9-18-14(19)6-10-2-3-12(16)7-13(10)17/h2-5,7-8,20H,6,9H2,1H3,(H,18,19). The van der Waals surface area contributed by atoms with E-state index in [0.717, 1.165) is 12.1 Å². The van der Waals surface area contributed by atoms with Gasteiger partial charge in [-0.2, -0.15) is 11.3 Å². The number of hydrogen-bond acceptors (Lipinski definition) is 3. The van der Waals surface area contributed by atoms with Gasteiger partial charge in [0.1, 0.15) is 17.2 Å². The number of aliphatic hydroxyl groups is 1. The summed E-state index contributed by atoms with van der Waals surface area (Å²) in [4.78, 5) is 11.8. The van der Waals surface area contributed by atoms with Crippen molar-refractivity contribution in [2.45, 2.75) is 18.9 Å². The highest BCUT2D eigenvalue weighted by molar-refractivity contribution is 7.08. The number of benzene rings is 1. The van der Waals surface area contributed by atoms with Gasteiger partial charge in [-0.25, -0.2) is 8.78 Å². The van der Waals surface area contributed by atoms with Crippen molar-refractivity contribution in [3.63, 3.8) is 0 Å². The predicted octanol–water partition coefficient (Wildman–Crippen LogP) is 2.59. The van der Waals surface area contributed by atoms with Crippen LogP contribution in [0.2, 0.25) is 0 Å². The van der Waals surface area contributed by atoms with Gasteiger partial charge in [0, 0.05) is 6.07 Å². The Bertz CT molecular complexity index is 627. The van der Waals surface area contributed by atoms with Crippen LogP contribution in [0.25, 0.3) is 0 Å². The maximum Gasteiger partial charge on any atom is 0.224 e. The van der Waals surface area contributed by atoms with Crippen molar-refractivity contribution in [2.24, 2.45) is 0 Å². The summed E-state index contributed by atoms with van der Waals surface area (Å²) < 4.78 is 26.2. The molecule has 1 amide bonds. The van der Waals surface area contributed by atoms with Gasteiger partial charge < -0.3 is 10.4 Å². The summed E-state index contributed by atoms with van der Waals surface area (Å²) in [5, 5.41) is 16.4. The molecule has 112 valence electrons. The first-order chi connectivity index (χ1) is 9.88. The Balaban J connectivity index is 1.93. The van der Waals surface area contributed by atoms with Gasteiger partial charge in [0.25, 0.3) is 0 Å². The molecule has 2 rings (SSSR count). The zero-order chi connectivity index (χ0) is 15.5. The molecule has 1 aromatic heterocycles. The minimum absolute atomic E-state index is 0.0192. The van der Waals surface area contributed by atoms with E-state index in [1.165, 1.54) is 17.4 Å². The molecule has 1 atom stereocenters. The van der Waals surface area contributed by atoms with Gasteiger partial charge in [0.05, 0.1) is 13.0 Å². The van der Waals surface area contributed by atoms with E-state index in [9.17, 15) is 18.7 Å². The highest BCUT2D eigenvalue weighted by Gasteiger charge is 2.24. The molecule has 0 spiro atoms. The van der Waals surface area contributed by atoms with Crippen LogP contribution in [0.5, 0.6) is 0 Å². The average Bonchev–Trinajstić information content (AvgIpc) is 2.95. The molecule has 2 N–H and O–H groups in total. The van der Waals surface area contributed by atoms with Crippen LogP contribution < -0.4 is 5.32 Å². The Hall–Kier alpha value is -1.79. The Morgan fingerprint density at radius 3 is 2.76 bits per heavy atom. The smallest absolute Gasteiger partial charge is 0.224 e. The zero-order valence-corrected chi connectivity index (χ0v) is 12.2. The predicted molar refractivity (Wildman–Crippen MR) is 77.0 cm³/mol. The summed E-state index contributed by atoms with van der Waals surface area (Å²) in [6.07, 6.45) is -0.203. The molecule has 0 aliphatic rings. The van der Waals surface area contributed by atoms with Gasteiger partial charge >= 0.3 is 0 Å². The number of amides is 1. The van der Waals surface area contributed by atoms with E-state index in [2.05, 4.69) is 5.32 Å². The molecule has 3 nitrogen and oxygen atoms in total. The molecule has 0 aliphatic heterocycles. The Kier molecular flexibility index (Phi) is 4.69. The van der Waals surface area contributed by atoms with Crippen molar-refractivity contribution in [1.29, 1.82) is 0 Å². The largest absolute Gasteiger partial charge is 0.384 e. The van der Waals surface area contributed by atoms with Crippen LogP contribution in [0, 0.1) is 11.6 Å². The maximum absolute atomic E-state index is 13.4. The Labute approximate surface area is 125 Å². The molecule has 1 heterocycles. The third kappa shape index (κ3) is 4.09. The van der Waals surface area contributed by atoms with E-state index in [1.54, 1.807) is 18.4 Å². The molecule has 0 bridgehead atoms. The first kappa shape index (κ1) is 15.6. The Morgan fingerprint density at radius 1 is 1.38 bits per heavy atom. The normalized spacial score (nSPS) is 13.7. The first-order valence-electron chi connectivity index (χ1n) is 6.34. The molecule has 1 unspecified atom stereocenters. The SMILES string of the molecule is CC(O)(CNC(=O)Cc1ccc(F)cc1F)c1ccsc1. The van der Waals surface area contributed by atoms with Crippen LogP contribution in [0.4, 0.5) is 8.78 Å². The molecule has 6 heteroatoms. The van der Waals surface area contributed by atoms with Crippen molar-refractivity contribution < 1.29 is 18.7 Å². The van der Waals surface area contributed by atoms with Crippen molar-refractivity contribution in [3.8, 4) is 0 Å². The first-order valence-corrected chi connectivity index (χ1v) is 7.28. The molecule has 0 saturated heterocycles. The monoisotopic (exact) mass is 311 g/mol. The molecule has 0 saturated carbocycles. The third-order valence-corrected chi connectivity index (χ3v) is 3.82. The van der Waals surface area contributed by atoms with Crippen LogP contribution in [-0.2, 0) is 16.8 Å². The average molecular weight is 311 g/mol. The lowest BCUT2D eigenvalue weighted by molar-refractivity contribution is -0.121. The number of rotatable bonds is 5. The number of carbonyl (C=O) groups excluding carboxylic acids is 1. The lowest BCUT2D eigenvalue weighted by Crippen LogP contribution is -2.39. The summed E-state index contributed by atoms with van der Waals surface area (Å²) in [6.45, 7) is 1.61. The van der Waals surface area contributed by atoms with Crippen molar-refractivity contribution in [3.05, 3.63) is 57.8 Å². The second-order valence-corrected chi connectivity index (χ2v) is 5.76. The second kappa shape index (κ2) is 6.32. The van der Waals surface area contributed by atoms with Crippen molar-refractivity contribution in [1.82, 2.24) is 5.32 Å². The molecule has 0 aliphatic carbocycles. The van der Waals surface area contributed by atoms with E-state index in [4.69, 9.17) is 0 Å². The van der Waals surface area contributed by atoms with Crippen LogP contribution in [0.15, 0.2) is 35.0 Å². The van der Waals surface area contributed by atoms with E-state index >= 15 is 0 Å². The van der Waals surface area contributed by atoms with Gasteiger partial charge in [0.15, 0.2) is 0 Å². The van der Waals surface area contributed by atoms with Gasteiger partial charge in [-0.3, -0.25) is 4.79 Å². The van der Waals surface area contributed by atoms with Gasteiger partial charge in [-0.05, 0) is 40.9 Å². The fraction of sp³-hybridized carbons (Fsp3) is 0.267. The number of nitrogens with one attached hydrogen (secondary N) is 1. The highest BCUT2D eigenvalue weighted by atomic mass is 32.1. The van der Waals surface area contributed by atoms with E-state index in [0.29, 0.717) is 5.56 Å². The topological polar surface area (TPSA) is 49.3 Å².